The summed E-state index contributed by atoms with van der Waals surface area (Å²) in [7, 11) is 6.21. The molecular weight excluding hydrogens is 438 g/mol. The zero-order valence-electron chi connectivity index (χ0n) is 20.7. The first-order valence-corrected chi connectivity index (χ1v) is 12.0. The van der Waals surface area contributed by atoms with E-state index in [0.717, 1.165) is 48.6 Å². The summed E-state index contributed by atoms with van der Waals surface area (Å²) in [4.78, 5) is 19.5. The summed E-state index contributed by atoms with van der Waals surface area (Å²) in [6, 6.07) is 19.5. The SMILES string of the molecule is CN(C)CCN(C)c1ccc(-n2nc(C(=O)N3CCC[C@@H](N)C3)cc2-c2ccc(C#N)cc2)cc1. The van der Waals surface area contributed by atoms with E-state index in [4.69, 9.17) is 10.8 Å². The van der Waals surface area contributed by atoms with E-state index in [9.17, 15) is 10.1 Å². The van der Waals surface area contributed by atoms with Crippen molar-refractivity contribution >= 4 is 11.6 Å². The van der Waals surface area contributed by atoms with Gasteiger partial charge in [0.2, 0.25) is 0 Å². The third-order valence-electron chi connectivity index (χ3n) is 6.40. The molecule has 0 aliphatic carbocycles. The van der Waals surface area contributed by atoms with Crippen LogP contribution in [0.2, 0.25) is 0 Å². The number of carbonyl (C=O) groups excluding carboxylic acids is 1. The number of carbonyl (C=O) groups is 1. The number of hydrogen-bond donors (Lipinski definition) is 1. The molecule has 182 valence electrons. The van der Waals surface area contributed by atoms with Crippen LogP contribution in [0.5, 0.6) is 0 Å². The van der Waals surface area contributed by atoms with Gasteiger partial charge in [0.05, 0.1) is 23.0 Å². The molecule has 4 rings (SSSR count). The third kappa shape index (κ3) is 5.70. The van der Waals surface area contributed by atoms with Crippen LogP contribution in [0, 0.1) is 11.3 Å². The van der Waals surface area contributed by atoms with E-state index in [0.29, 0.717) is 24.3 Å². The van der Waals surface area contributed by atoms with Crippen molar-refractivity contribution in [3.8, 4) is 23.0 Å². The minimum absolute atomic E-state index is 0.00446. The first-order valence-electron chi connectivity index (χ1n) is 12.0. The van der Waals surface area contributed by atoms with E-state index in [-0.39, 0.29) is 11.9 Å². The highest BCUT2D eigenvalue weighted by Crippen LogP contribution is 2.27. The summed E-state index contributed by atoms with van der Waals surface area (Å²) in [5.41, 5.74) is 10.8. The monoisotopic (exact) mass is 471 g/mol. The van der Waals surface area contributed by atoms with Gasteiger partial charge in [0.1, 0.15) is 0 Å². The Morgan fingerprint density at radius 2 is 1.83 bits per heavy atom. The van der Waals surface area contributed by atoms with Gasteiger partial charge in [-0.1, -0.05) is 12.1 Å². The molecule has 2 heterocycles. The predicted octanol–water partition coefficient (Wildman–Crippen LogP) is 2.97. The summed E-state index contributed by atoms with van der Waals surface area (Å²) in [5.74, 6) is -0.103. The van der Waals surface area contributed by atoms with Crippen LogP contribution in [0.1, 0.15) is 28.9 Å². The largest absolute Gasteiger partial charge is 0.373 e. The second-order valence-corrected chi connectivity index (χ2v) is 9.41. The van der Waals surface area contributed by atoms with Crippen LogP contribution in [0.3, 0.4) is 0 Å². The van der Waals surface area contributed by atoms with Gasteiger partial charge in [-0.3, -0.25) is 4.79 Å². The Morgan fingerprint density at radius 1 is 1.11 bits per heavy atom. The number of nitriles is 1. The van der Waals surface area contributed by atoms with E-state index >= 15 is 0 Å². The molecule has 0 bridgehead atoms. The fourth-order valence-corrected chi connectivity index (χ4v) is 4.29. The zero-order valence-corrected chi connectivity index (χ0v) is 20.7. The van der Waals surface area contributed by atoms with Crippen LogP contribution < -0.4 is 10.6 Å². The lowest BCUT2D eigenvalue weighted by molar-refractivity contribution is 0.0702. The molecule has 0 spiro atoms. The highest BCUT2D eigenvalue weighted by molar-refractivity contribution is 5.93. The first kappa shape index (κ1) is 24.5. The van der Waals surface area contributed by atoms with Gasteiger partial charge in [0, 0.05) is 50.5 Å². The molecule has 1 atom stereocenters. The normalized spacial score (nSPS) is 15.8. The van der Waals surface area contributed by atoms with Crippen molar-refractivity contribution in [1.82, 2.24) is 19.6 Å². The second-order valence-electron chi connectivity index (χ2n) is 9.41. The van der Waals surface area contributed by atoms with E-state index in [1.165, 1.54) is 0 Å². The number of amides is 1. The molecule has 1 aromatic heterocycles. The molecule has 2 N–H and O–H groups in total. The average molecular weight is 472 g/mol. The Bertz CT molecular complexity index is 1190. The van der Waals surface area contributed by atoms with Crippen LogP contribution in [-0.2, 0) is 0 Å². The number of benzene rings is 2. The topological polar surface area (TPSA) is 94.4 Å². The molecule has 1 amide bonds. The number of likely N-dealkylation sites (N-methyl/N-ethyl adjacent to an activating group) is 2. The minimum atomic E-state index is -0.103. The van der Waals surface area contributed by atoms with Gasteiger partial charge < -0.3 is 20.4 Å². The fraction of sp³-hybridized carbons (Fsp3) is 0.370. The third-order valence-corrected chi connectivity index (χ3v) is 6.40. The van der Waals surface area contributed by atoms with Gasteiger partial charge >= 0.3 is 0 Å². The van der Waals surface area contributed by atoms with Crippen molar-refractivity contribution < 1.29 is 4.79 Å². The zero-order chi connectivity index (χ0) is 24.9. The number of aromatic nitrogens is 2. The predicted molar refractivity (Wildman–Crippen MR) is 139 cm³/mol. The summed E-state index contributed by atoms with van der Waals surface area (Å²) < 4.78 is 1.81. The standard InChI is InChI=1S/C27H33N7O/c1-31(2)15-16-32(3)23-10-12-24(13-11-23)34-26(21-8-6-20(18-28)7-9-21)17-25(30-34)27(35)33-14-4-5-22(29)19-33/h6-13,17,22H,4-5,14-16,19,29H2,1-3H3/t22-/m1/s1. The minimum Gasteiger partial charge on any atom is -0.373 e. The number of rotatable bonds is 7. The van der Waals surface area contributed by atoms with E-state index in [1.54, 1.807) is 17.0 Å². The smallest absolute Gasteiger partial charge is 0.274 e. The summed E-state index contributed by atoms with van der Waals surface area (Å²) >= 11 is 0. The van der Waals surface area contributed by atoms with Gasteiger partial charge in [-0.05, 0) is 69.4 Å². The molecule has 0 radical (unpaired) electrons. The molecule has 2 aromatic carbocycles. The number of nitrogens with zero attached hydrogens (tertiary/aromatic N) is 6. The van der Waals surface area contributed by atoms with Crippen molar-refractivity contribution in [2.75, 3.05) is 52.2 Å². The van der Waals surface area contributed by atoms with Crippen molar-refractivity contribution in [2.24, 2.45) is 5.73 Å². The Kier molecular flexibility index (Phi) is 7.49. The number of nitrogens with two attached hydrogens (primary N) is 1. The number of piperidine rings is 1. The molecule has 1 aliphatic heterocycles. The van der Waals surface area contributed by atoms with Crippen LogP contribution in [0.25, 0.3) is 16.9 Å². The first-order chi connectivity index (χ1) is 16.9. The van der Waals surface area contributed by atoms with Gasteiger partial charge in [-0.25, -0.2) is 4.68 Å². The van der Waals surface area contributed by atoms with E-state index in [1.807, 2.05) is 35.0 Å². The maximum Gasteiger partial charge on any atom is 0.274 e. The maximum absolute atomic E-state index is 13.3. The molecule has 8 heteroatoms. The molecule has 1 fully saturated rings. The number of hydrogen-bond acceptors (Lipinski definition) is 6. The van der Waals surface area contributed by atoms with Crippen molar-refractivity contribution in [1.29, 1.82) is 5.26 Å². The molecule has 0 saturated carbocycles. The molecule has 8 nitrogen and oxygen atoms in total. The molecule has 0 unspecified atom stereocenters. The Morgan fingerprint density at radius 3 is 2.46 bits per heavy atom. The number of anilines is 1. The van der Waals surface area contributed by atoms with Crippen LogP contribution >= 0.6 is 0 Å². The lowest BCUT2D eigenvalue weighted by atomic mass is 10.1. The van der Waals surface area contributed by atoms with Gasteiger partial charge in [0.15, 0.2) is 5.69 Å². The molecule has 1 saturated heterocycles. The Hall–Kier alpha value is -3.67. The van der Waals surface area contributed by atoms with Gasteiger partial charge in [-0.15, -0.1) is 0 Å². The highest BCUT2D eigenvalue weighted by Gasteiger charge is 2.25. The second kappa shape index (κ2) is 10.7. The molecule has 1 aliphatic rings. The molecule has 35 heavy (non-hydrogen) atoms. The lowest BCUT2D eigenvalue weighted by Gasteiger charge is -2.30. The summed E-state index contributed by atoms with van der Waals surface area (Å²) in [6.07, 6.45) is 1.84. The van der Waals surface area contributed by atoms with Gasteiger partial charge in [-0.2, -0.15) is 10.4 Å². The van der Waals surface area contributed by atoms with Gasteiger partial charge in [0.25, 0.3) is 5.91 Å². The van der Waals surface area contributed by atoms with Crippen LogP contribution in [0.15, 0.2) is 54.6 Å². The maximum atomic E-state index is 13.3. The average Bonchev–Trinajstić information content (AvgIpc) is 3.32. The lowest BCUT2D eigenvalue weighted by Crippen LogP contribution is -2.45. The van der Waals surface area contributed by atoms with Crippen LogP contribution in [0.4, 0.5) is 5.69 Å². The summed E-state index contributed by atoms with van der Waals surface area (Å²) in [6.45, 7) is 3.12. The summed E-state index contributed by atoms with van der Waals surface area (Å²) in [5, 5.41) is 13.9. The van der Waals surface area contributed by atoms with E-state index < -0.39 is 0 Å². The highest BCUT2D eigenvalue weighted by atomic mass is 16.2. The molecular formula is C27H33N7O. The van der Waals surface area contributed by atoms with E-state index in [2.05, 4.69) is 49.1 Å². The van der Waals surface area contributed by atoms with Crippen molar-refractivity contribution in [3.63, 3.8) is 0 Å². The molecule has 3 aromatic rings. The van der Waals surface area contributed by atoms with Crippen molar-refractivity contribution in [2.45, 2.75) is 18.9 Å². The Balaban J connectivity index is 1.67. The Labute approximate surface area is 207 Å². The van der Waals surface area contributed by atoms with Crippen molar-refractivity contribution in [3.05, 3.63) is 65.9 Å². The quantitative estimate of drug-likeness (QED) is 0.569. The number of likely N-dealkylation sites (tertiary alicyclic amines) is 1. The fourth-order valence-electron chi connectivity index (χ4n) is 4.29. The van der Waals surface area contributed by atoms with Crippen LogP contribution in [-0.4, -0.2) is 78.9 Å².